The van der Waals surface area contributed by atoms with Crippen LogP contribution in [0.2, 0.25) is 13.1 Å². The number of hydrogen-bond donors (Lipinski definition) is 0. The fraction of sp³-hybridized carbons (Fsp3) is 0.0833. The zero-order valence-electron chi connectivity index (χ0n) is 15.9. The molecule has 138 valence electrons. The molecule has 0 heterocycles. The first-order valence-corrected chi connectivity index (χ1v) is 14.9. The Bertz CT molecular complexity index is 1030. The molecule has 3 aromatic carbocycles. The molecule has 0 aliphatic carbocycles. The number of halogens is 1. The summed E-state index contributed by atoms with van der Waals surface area (Å²) in [7, 11) is -5.18. The second-order valence-corrected chi connectivity index (χ2v) is 14.7. The predicted octanol–water partition coefficient (Wildman–Crippen LogP) is 4.34. The Hall–Kier alpha value is -2.10. The van der Waals surface area contributed by atoms with Gasteiger partial charge in [-0.15, -0.1) is 6.42 Å². The zero-order chi connectivity index (χ0) is 20.0. The van der Waals surface area contributed by atoms with Crippen molar-refractivity contribution in [3.05, 3.63) is 94.1 Å². The first-order chi connectivity index (χ1) is 13.5. The van der Waals surface area contributed by atoms with E-state index in [0.29, 0.717) is 0 Å². The molecule has 1 nitrogen and oxygen atoms in total. The van der Waals surface area contributed by atoms with Crippen LogP contribution < -0.4 is 10.4 Å². The van der Waals surface area contributed by atoms with Gasteiger partial charge in [0.05, 0.1) is 0 Å². The molecule has 0 fully saturated rings. The van der Waals surface area contributed by atoms with Crippen LogP contribution in [0.25, 0.3) is 0 Å². The van der Waals surface area contributed by atoms with E-state index in [2.05, 4.69) is 89.1 Å². The number of rotatable bonds is 4. The third kappa shape index (κ3) is 4.84. The summed E-state index contributed by atoms with van der Waals surface area (Å²) in [6.07, 6.45) is 6.01. The lowest BCUT2D eigenvalue weighted by Gasteiger charge is -2.32. The molecule has 0 spiro atoms. The topological polar surface area (TPSA) is 9.23 Å². The number of benzene rings is 3. The maximum atomic E-state index is 6.86. The highest BCUT2D eigenvalue weighted by molar-refractivity contribution is 14.1. The largest absolute Gasteiger partial charge is 0.431 e. The Labute approximate surface area is 183 Å². The molecular formula is C24H21IOSi2. The van der Waals surface area contributed by atoms with Gasteiger partial charge in [0.1, 0.15) is 0 Å². The minimum Gasteiger partial charge on any atom is -0.431 e. The molecule has 0 N–H and O–H groups in total. The van der Waals surface area contributed by atoms with Crippen molar-refractivity contribution in [1.82, 2.24) is 0 Å². The van der Waals surface area contributed by atoms with Gasteiger partial charge < -0.3 is 4.12 Å². The standard InChI is InChI=1S/C24H21IOSi2/c1-4-27(2,23-11-7-5-8-12-23)26-28(3,24-13-9-6-10-14-24)20-19-21-15-17-22(25)18-16-21/h1,5-18H,2-3H3. The fourth-order valence-electron chi connectivity index (χ4n) is 2.97. The van der Waals surface area contributed by atoms with Crippen LogP contribution in [0.3, 0.4) is 0 Å². The quantitative estimate of drug-likeness (QED) is 0.290. The highest BCUT2D eigenvalue weighted by atomic mass is 127. The van der Waals surface area contributed by atoms with Gasteiger partial charge in [-0.05, 0) is 70.3 Å². The summed E-state index contributed by atoms with van der Waals surface area (Å²) in [5, 5.41) is 2.24. The molecule has 0 aliphatic rings. The second kappa shape index (κ2) is 8.94. The normalized spacial score (nSPS) is 14.6. The van der Waals surface area contributed by atoms with Gasteiger partial charge in [-0.3, -0.25) is 0 Å². The molecule has 28 heavy (non-hydrogen) atoms. The van der Waals surface area contributed by atoms with Gasteiger partial charge in [-0.25, -0.2) is 0 Å². The van der Waals surface area contributed by atoms with Crippen LogP contribution in [0.1, 0.15) is 5.56 Å². The van der Waals surface area contributed by atoms with Crippen molar-refractivity contribution < 1.29 is 4.12 Å². The molecule has 2 atom stereocenters. The highest BCUT2D eigenvalue weighted by Crippen LogP contribution is 2.15. The zero-order valence-corrected chi connectivity index (χ0v) is 20.1. The summed E-state index contributed by atoms with van der Waals surface area (Å²) < 4.78 is 8.05. The highest BCUT2D eigenvalue weighted by Gasteiger charge is 2.41. The smallest absolute Gasteiger partial charge is 0.292 e. The minimum atomic E-state index is -2.60. The SMILES string of the molecule is C#C[Si](C)(O[Si](C)(C#Cc1ccc(I)cc1)c1ccccc1)c1ccccc1. The van der Waals surface area contributed by atoms with Crippen molar-refractivity contribution in [3.63, 3.8) is 0 Å². The maximum Gasteiger partial charge on any atom is 0.292 e. The Balaban J connectivity index is 2.05. The van der Waals surface area contributed by atoms with E-state index in [4.69, 9.17) is 10.5 Å². The van der Waals surface area contributed by atoms with E-state index >= 15 is 0 Å². The number of terminal acetylenes is 1. The van der Waals surface area contributed by atoms with Crippen LogP contribution in [0.4, 0.5) is 0 Å². The molecule has 0 aliphatic heterocycles. The van der Waals surface area contributed by atoms with Crippen LogP contribution in [0.15, 0.2) is 84.9 Å². The van der Waals surface area contributed by atoms with Gasteiger partial charge in [0, 0.05) is 9.13 Å². The monoisotopic (exact) mass is 508 g/mol. The average molecular weight is 509 g/mol. The molecule has 0 aromatic heterocycles. The summed E-state index contributed by atoms with van der Waals surface area (Å²) in [4.78, 5) is 0. The third-order valence-electron chi connectivity index (χ3n) is 4.62. The van der Waals surface area contributed by atoms with Gasteiger partial charge in [0.25, 0.3) is 16.6 Å². The van der Waals surface area contributed by atoms with Gasteiger partial charge in [-0.2, -0.15) is 0 Å². The van der Waals surface area contributed by atoms with Crippen LogP contribution in [0.5, 0.6) is 0 Å². The molecule has 3 aromatic rings. The van der Waals surface area contributed by atoms with E-state index in [1.807, 2.05) is 48.5 Å². The Morgan fingerprint density at radius 2 is 1.25 bits per heavy atom. The first kappa shape index (κ1) is 20.6. The molecule has 0 radical (unpaired) electrons. The third-order valence-corrected chi connectivity index (χ3v) is 12.6. The number of hydrogen-bond acceptors (Lipinski definition) is 1. The lowest BCUT2D eigenvalue weighted by Crippen LogP contribution is -2.60. The van der Waals surface area contributed by atoms with Crippen LogP contribution in [-0.2, 0) is 4.12 Å². The predicted molar refractivity (Wildman–Crippen MR) is 131 cm³/mol. The molecule has 2 unspecified atom stereocenters. The average Bonchev–Trinajstić information content (AvgIpc) is 2.74. The van der Waals surface area contributed by atoms with Crippen LogP contribution in [-0.4, -0.2) is 16.6 Å². The second-order valence-electron chi connectivity index (χ2n) is 6.80. The van der Waals surface area contributed by atoms with E-state index < -0.39 is 16.6 Å². The van der Waals surface area contributed by atoms with Crippen molar-refractivity contribution >= 4 is 49.6 Å². The van der Waals surface area contributed by atoms with E-state index in [9.17, 15) is 0 Å². The van der Waals surface area contributed by atoms with E-state index in [0.717, 1.165) is 15.9 Å². The molecule has 4 heteroatoms. The molecule has 3 rings (SSSR count). The lowest BCUT2D eigenvalue weighted by molar-refractivity contribution is 0.590. The summed E-state index contributed by atoms with van der Waals surface area (Å²) in [5.41, 5.74) is 7.51. The van der Waals surface area contributed by atoms with Crippen molar-refractivity contribution in [2.75, 3.05) is 0 Å². The molecule has 0 bridgehead atoms. The van der Waals surface area contributed by atoms with E-state index in [1.54, 1.807) is 0 Å². The van der Waals surface area contributed by atoms with Crippen molar-refractivity contribution in [2.24, 2.45) is 0 Å². The van der Waals surface area contributed by atoms with E-state index in [1.165, 1.54) is 3.57 Å². The molecule has 0 saturated heterocycles. The first-order valence-electron chi connectivity index (χ1n) is 9.03. The Morgan fingerprint density at radius 1 is 0.750 bits per heavy atom. The summed E-state index contributed by atoms with van der Waals surface area (Å²) in [6.45, 7) is 4.23. The Kier molecular flexibility index (Phi) is 6.59. The lowest BCUT2D eigenvalue weighted by atomic mass is 10.2. The van der Waals surface area contributed by atoms with Crippen molar-refractivity contribution in [2.45, 2.75) is 13.1 Å². The van der Waals surface area contributed by atoms with Gasteiger partial charge >= 0.3 is 0 Å². The summed E-state index contributed by atoms with van der Waals surface area (Å²) >= 11 is 2.30. The van der Waals surface area contributed by atoms with E-state index in [-0.39, 0.29) is 0 Å². The van der Waals surface area contributed by atoms with Gasteiger partial charge in [-0.1, -0.05) is 77.7 Å². The summed E-state index contributed by atoms with van der Waals surface area (Å²) in [6, 6.07) is 28.7. The van der Waals surface area contributed by atoms with Crippen LogP contribution in [0, 0.1) is 27.0 Å². The van der Waals surface area contributed by atoms with Gasteiger partial charge in [0.2, 0.25) is 0 Å². The summed E-state index contributed by atoms with van der Waals surface area (Å²) in [5.74, 6) is 3.35. The molecule has 0 amide bonds. The van der Waals surface area contributed by atoms with Crippen molar-refractivity contribution in [1.29, 1.82) is 0 Å². The Morgan fingerprint density at radius 3 is 1.75 bits per heavy atom. The van der Waals surface area contributed by atoms with Crippen molar-refractivity contribution in [3.8, 4) is 23.4 Å². The van der Waals surface area contributed by atoms with Gasteiger partial charge in [0.15, 0.2) is 0 Å². The van der Waals surface area contributed by atoms with Crippen LogP contribution >= 0.6 is 22.6 Å². The minimum absolute atomic E-state index is 0.988. The molecule has 0 saturated carbocycles. The molecular weight excluding hydrogens is 487 g/mol. The maximum absolute atomic E-state index is 6.86. The fourth-order valence-corrected chi connectivity index (χ4v) is 10.3.